The van der Waals surface area contributed by atoms with Crippen molar-refractivity contribution in [3.05, 3.63) is 12.7 Å². The molecule has 0 aliphatic rings. The summed E-state index contributed by atoms with van der Waals surface area (Å²) in [6, 6.07) is 0. The SMILES string of the molecule is C=CCC(OCCCCC)C(O)CO. The van der Waals surface area contributed by atoms with E-state index in [1.165, 1.54) is 0 Å². The molecule has 84 valence electrons. The van der Waals surface area contributed by atoms with Gasteiger partial charge in [0.1, 0.15) is 6.10 Å². The van der Waals surface area contributed by atoms with Crippen LogP contribution in [0.1, 0.15) is 32.6 Å². The van der Waals surface area contributed by atoms with Gasteiger partial charge in [-0.25, -0.2) is 0 Å². The average Bonchev–Trinajstić information content (AvgIpc) is 2.21. The van der Waals surface area contributed by atoms with Crippen molar-refractivity contribution in [2.75, 3.05) is 13.2 Å². The molecular formula is C11H22O3. The van der Waals surface area contributed by atoms with Crippen molar-refractivity contribution >= 4 is 0 Å². The van der Waals surface area contributed by atoms with Gasteiger partial charge in [-0.3, -0.25) is 0 Å². The van der Waals surface area contributed by atoms with Gasteiger partial charge < -0.3 is 14.9 Å². The summed E-state index contributed by atoms with van der Waals surface area (Å²) in [6.07, 6.45) is 4.46. The van der Waals surface area contributed by atoms with E-state index in [2.05, 4.69) is 13.5 Å². The van der Waals surface area contributed by atoms with Gasteiger partial charge in [-0.1, -0.05) is 25.8 Å². The lowest BCUT2D eigenvalue weighted by atomic mass is 10.1. The summed E-state index contributed by atoms with van der Waals surface area (Å²) in [5, 5.41) is 18.2. The molecule has 0 saturated heterocycles. The summed E-state index contributed by atoms with van der Waals surface area (Å²) in [5.74, 6) is 0. The van der Waals surface area contributed by atoms with E-state index in [4.69, 9.17) is 9.84 Å². The molecule has 0 fully saturated rings. The molecule has 3 heteroatoms. The number of hydrogen-bond acceptors (Lipinski definition) is 3. The molecule has 0 aromatic heterocycles. The third-order valence-corrected chi connectivity index (χ3v) is 2.10. The van der Waals surface area contributed by atoms with Crippen molar-refractivity contribution < 1.29 is 14.9 Å². The lowest BCUT2D eigenvalue weighted by Gasteiger charge is -2.20. The third kappa shape index (κ3) is 6.13. The Morgan fingerprint density at radius 1 is 1.43 bits per heavy atom. The molecular weight excluding hydrogens is 180 g/mol. The van der Waals surface area contributed by atoms with E-state index in [0.717, 1.165) is 19.3 Å². The Morgan fingerprint density at radius 2 is 2.14 bits per heavy atom. The number of ether oxygens (including phenoxy) is 1. The van der Waals surface area contributed by atoms with E-state index >= 15 is 0 Å². The minimum absolute atomic E-state index is 0.258. The van der Waals surface area contributed by atoms with E-state index in [1.807, 2.05) is 0 Å². The Labute approximate surface area is 86.4 Å². The van der Waals surface area contributed by atoms with Gasteiger partial charge in [-0.2, -0.15) is 0 Å². The number of hydrogen-bond donors (Lipinski definition) is 2. The van der Waals surface area contributed by atoms with Crippen LogP contribution in [0.25, 0.3) is 0 Å². The zero-order chi connectivity index (χ0) is 10.8. The zero-order valence-corrected chi connectivity index (χ0v) is 8.98. The number of aliphatic hydroxyl groups excluding tert-OH is 2. The lowest BCUT2D eigenvalue weighted by molar-refractivity contribution is -0.0567. The molecule has 0 aliphatic heterocycles. The fraction of sp³-hybridized carbons (Fsp3) is 0.818. The van der Waals surface area contributed by atoms with Crippen LogP contribution < -0.4 is 0 Å². The van der Waals surface area contributed by atoms with Crippen molar-refractivity contribution in [3.8, 4) is 0 Å². The summed E-state index contributed by atoms with van der Waals surface area (Å²) < 4.78 is 5.46. The molecule has 0 heterocycles. The van der Waals surface area contributed by atoms with Crippen molar-refractivity contribution in [1.29, 1.82) is 0 Å². The number of aliphatic hydroxyl groups is 2. The topological polar surface area (TPSA) is 49.7 Å². The predicted octanol–water partition coefficient (Wildman–Crippen LogP) is 1.49. The normalized spacial score (nSPS) is 15.1. The molecule has 0 aliphatic carbocycles. The standard InChI is InChI=1S/C11H22O3/c1-3-5-6-8-14-11(7-4-2)10(13)9-12/h4,10-13H,2-3,5-9H2,1H3. The van der Waals surface area contributed by atoms with E-state index in [0.29, 0.717) is 13.0 Å². The number of unbranched alkanes of at least 4 members (excludes halogenated alkanes) is 2. The fourth-order valence-corrected chi connectivity index (χ4v) is 1.20. The van der Waals surface area contributed by atoms with Crippen LogP contribution in [-0.2, 0) is 4.74 Å². The van der Waals surface area contributed by atoms with Crippen LogP contribution >= 0.6 is 0 Å². The maximum absolute atomic E-state index is 9.38. The molecule has 3 nitrogen and oxygen atoms in total. The summed E-state index contributed by atoms with van der Waals surface area (Å²) in [6.45, 7) is 6.10. The van der Waals surface area contributed by atoms with E-state index in [1.54, 1.807) is 6.08 Å². The summed E-state index contributed by atoms with van der Waals surface area (Å²) in [7, 11) is 0. The van der Waals surface area contributed by atoms with Crippen LogP contribution in [0, 0.1) is 0 Å². The molecule has 14 heavy (non-hydrogen) atoms. The van der Waals surface area contributed by atoms with Crippen LogP contribution in [0.5, 0.6) is 0 Å². The maximum atomic E-state index is 9.38. The van der Waals surface area contributed by atoms with Crippen molar-refractivity contribution in [3.63, 3.8) is 0 Å². The Morgan fingerprint density at radius 3 is 2.64 bits per heavy atom. The molecule has 0 bridgehead atoms. The predicted molar refractivity (Wildman–Crippen MR) is 57.2 cm³/mol. The molecule has 2 N–H and O–H groups in total. The van der Waals surface area contributed by atoms with Gasteiger partial charge in [0.25, 0.3) is 0 Å². The minimum Gasteiger partial charge on any atom is -0.394 e. The molecule has 0 aromatic carbocycles. The van der Waals surface area contributed by atoms with Gasteiger partial charge in [0, 0.05) is 6.61 Å². The van der Waals surface area contributed by atoms with Crippen molar-refractivity contribution in [1.82, 2.24) is 0 Å². The number of rotatable bonds is 9. The Balaban J connectivity index is 3.66. The highest BCUT2D eigenvalue weighted by Crippen LogP contribution is 2.07. The van der Waals surface area contributed by atoms with Gasteiger partial charge in [0.05, 0.1) is 12.7 Å². The first-order chi connectivity index (χ1) is 6.76. The summed E-state index contributed by atoms with van der Waals surface area (Å²) in [5.41, 5.74) is 0. The molecule has 0 rings (SSSR count). The van der Waals surface area contributed by atoms with E-state index in [-0.39, 0.29) is 12.7 Å². The Hall–Kier alpha value is -0.380. The van der Waals surface area contributed by atoms with Crippen LogP contribution in [0.4, 0.5) is 0 Å². The monoisotopic (exact) mass is 202 g/mol. The van der Waals surface area contributed by atoms with Gasteiger partial charge in [-0.05, 0) is 12.8 Å². The van der Waals surface area contributed by atoms with Gasteiger partial charge in [0.2, 0.25) is 0 Å². The Kier molecular flexibility index (Phi) is 8.94. The van der Waals surface area contributed by atoms with Crippen LogP contribution in [0.15, 0.2) is 12.7 Å². The lowest BCUT2D eigenvalue weighted by Crippen LogP contribution is -2.32. The first-order valence-corrected chi connectivity index (χ1v) is 5.27. The highest BCUT2D eigenvalue weighted by Gasteiger charge is 2.16. The van der Waals surface area contributed by atoms with Gasteiger partial charge in [0.15, 0.2) is 0 Å². The first-order valence-electron chi connectivity index (χ1n) is 5.27. The molecule has 0 aromatic rings. The highest BCUT2D eigenvalue weighted by atomic mass is 16.5. The van der Waals surface area contributed by atoms with Crippen molar-refractivity contribution in [2.45, 2.75) is 44.8 Å². The molecule has 0 amide bonds. The maximum Gasteiger partial charge on any atom is 0.103 e. The molecule has 0 radical (unpaired) electrons. The second-order valence-corrected chi connectivity index (χ2v) is 3.39. The average molecular weight is 202 g/mol. The fourth-order valence-electron chi connectivity index (χ4n) is 1.20. The van der Waals surface area contributed by atoms with E-state index in [9.17, 15) is 5.11 Å². The molecule has 2 atom stereocenters. The summed E-state index contributed by atoms with van der Waals surface area (Å²) >= 11 is 0. The van der Waals surface area contributed by atoms with Crippen LogP contribution in [-0.4, -0.2) is 35.6 Å². The quantitative estimate of drug-likeness (QED) is 0.440. The first kappa shape index (κ1) is 13.6. The van der Waals surface area contributed by atoms with Crippen LogP contribution in [0.3, 0.4) is 0 Å². The third-order valence-electron chi connectivity index (χ3n) is 2.10. The van der Waals surface area contributed by atoms with Gasteiger partial charge >= 0.3 is 0 Å². The molecule has 0 saturated carbocycles. The smallest absolute Gasteiger partial charge is 0.103 e. The molecule has 0 spiro atoms. The minimum atomic E-state index is -0.797. The van der Waals surface area contributed by atoms with E-state index < -0.39 is 6.10 Å². The Bertz CT molecular complexity index is 136. The summed E-state index contributed by atoms with van der Waals surface area (Å²) in [4.78, 5) is 0. The van der Waals surface area contributed by atoms with Crippen LogP contribution in [0.2, 0.25) is 0 Å². The largest absolute Gasteiger partial charge is 0.394 e. The zero-order valence-electron chi connectivity index (χ0n) is 8.98. The second kappa shape index (κ2) is 9.19. The highest BCUT2D eigenvalue weighted by molar-refractivity contribution is 4.78. The second-order valence-electron chi connectivity index (χ2n) is 3.39. The van der Waals surface area contributed by atoms with Crippen molar-refractivity contribution in [2.24, 2.45) is 0 Å². The van der Waals surface area contributed by atoms with Gasteiger partial charge in [-0.15, -0.1) is 6.58 Å². The molecule has 2 unspecified atom stereocenters.